The molecule has 4 heteroatoms. The zero-order valence-corrected chi connectivity index (χ0v) is 8.67. The van der Waals surface area contributed by atoms with Gasteiger partial charge in [-0.15, -0.1) is 0 Å². The van der Waals surface area contributed by atoms with Crippen molar-refractivity contribution in [1.82, 2.24) is 0 Å². The lowest BCUT2D eigenvalue weighted by atomic mass is 10.4. The quantitative estimate of drug-likeness (QED) is 0.206. The average Bonchev–Trinajstić information content (AvgIpc) is 2.09. The molecule has 0 spiro atoms. The van der Waals surface area contributed by atoms with Crippen LogP contribution in [0.5, 0.6) is 0 Å². The van der Waals surface area contributed by atoms with Crippen molar-refractivity contribution in [1.29, 1.82) is 0 Å². The Hall–Kier alpha value is -1.29. The molecule has 0 aliphatic heterocycles. The molecule has 0 amide bonds. The summed E-state index contributed by atoms with van der Waals surface area (Å²) in [5.74, 6) is 0.179. The van der Waals surface area contributed by atoms with E-state index in [2.05, 4.69) is 13.2 Å². The van der Waals surface area contributed by atoms with Gasteiger partial charge in [0.25, 0.3) is 0 Å². The number of esters is 1. The monoisotopic (exact) mass is 200 g/mol. The molecule has 0 aliphatic carbocycles. The van der Waals surface area contributed by atoms with Crippen LogP contribution in [0.4, 0.5) is 0 Å². The number of carbonyl (C=O) groups is 1. The highest BCUT2D eigenvalue weighted by Gasteiger charge is 2.01. The first-order chi connectivity index (χ1) is 6.54. The first kappa shape index (κ1) is 12.7. The third kappa shape index (κ3) is 7.36. The maximum atomic E-state index is 10.9. The van der Waals surface area contributed by atoms with Crippen molar-refractivity contribution in [3.05, 3.63) is 24.5 Å². The molecule has 0 aromatic heterocycles. The van der Waals surface area contributed by atoms with Gasteiger partial charge in [-0.3, -0.25) is 0 Å². The molecule has 0 saturated carbocycles. The third-order valence-electron chi connectivity index (χ3n) is 1.20. The number of allylic oxidation sites excluding steroid dienone is 1. The largest absolute Gasteiger partial charge is 0.473 e. The highest BCUT2D eigenvalue weighted by Crippen LogP contribution is 1.93. The van der Waals surface area contributed by atoms with E-state index in [0.29, 0.717) is 17.9 Å². The Kier molecular flexibility index (Phi) is 6.49. The fourth-order valence-corrected chi connectivity index (χ4v) is 0.518. The van der Waals surface area contributed by atoms with Crippen LogP contribution in [0, 0.1) is 0 Å². The number of rotatable bonds is 7. The van der Waals surface area contributed by atoms with Crippen LogP contribution < -0.4 is 0 Å². The second-order valence-electron chi connectivity index (χ2n) is 2.79. The summed E-state index contributed by atoms with van der Waals surface area (Å²) in [6.45, 7) is 10.9. The van der Waals surface area contributed by atoms with Crippen molar-refractivity contribution in [2.75, 3.05) is 20.0 Å². The van der Waals surface area contributed by atoms with Crippen molar-refractivity contribution < 1.29 is 19.0 Å². The Bertz CT molecular complexity index is 220. The van der Waals surface area contributed by atoms with Gasteiger partial charge in [-0.1, -0.05) is 13.2 Å². The van der Waals surface area contributed by atoms with Gasteiger partial charge in [0.2, 0.25) is 0 Å². The minimum atomic E-state index is -0.408. The van der Waals surface area contributed by atoms with Gasteiger partial charge >= 0.3 is 5.97 Å². The van der Waals surface area contributed by atoms with Crippen molar-refractivity contribution in [2.24, 2.45) is 0 Å². The lowest BCUT2D eigenvalue weighted by Gasteiger charge is -2.06. The summed E-state index contributed by atoms with van der Waals surface area (Å²) in [5.41, 5.74) is 0.378. The average molecular weight is 200 g/mol. The van der Waals surface area contributed by atoms with E-state index in [9.17, 15) is 4.79 Å². The molecule has 0 N–H and O–H groups in total. The fraction of sp³-hybridized carbons (Fsp3) is 0.500. The van der Waals surface area contributed by atoms with E-state index >= 15 is 0 Å². The predicted molar refractivity (Wildman–Crippen MR) is 52.5 cm³/mol. The Labute approximate surface area is 84.1 Å². The maximum Gasteiger partial charge on any atom is 0.333 e. The Morgan fingerprint density at radius 2 is 1.79 bits per heavy atom. The van der Waals surface area contributed by atoms with E-state index in [1.807, 2.05) is 0 Å². The van der Waals surface area contributed by atoms with Crippen LogP contribution in [-0.4, -0.2) is 26.0 Å². The number of hydrogen-bond donors (Lipinski definition) is 0. The lowest BCUT2D eigenvalue weighted by Crippen LogP contribution is -2.11. The third-order valence-corrected chi connectivity index (χ3v) is 1.20. The van der Waals surface area contributed by atoms with E-state index in [1.54, 1.807) is 13.8 Å². The van der Waals surface area contributed by atoms with Gasteiger partial charge in [0.05, 0.1) is 12.4 Å². The molecular weight excluding hydrogens is 184 g/mol. The first-order valence-corrected chi connectivity index (χ1v) is 4.22. The van der Waals surface area contributed by atoms with Gasteiger partial charge in [-0.25, -0.2) is 4.79 Å². The fourth-order valence-electron chi connectivity index (χ4n) is 0.518. The van der Waals surface area contributed by atoms with Crippen LogP contribution >= 0.6 is 0 Å². The molecule has 0 bridgehead atoms. The van der Waals surface area contributed by atoms with Crippen LogP contribution in [0.1, 0.15) is 13.8 Å². The summed E-state index contributed by atoms with van der Waals surface area (Å²) < 4.78 is 14.7. The molecule has 0 heterocycles. The lowest BCUT2D eigenvalue weighted by molar-refractivity contribution is -0.141. The summed E-state index contributed by atoms with van der Waals surface area (Å²) in [4.78, 5) is 10.9. The molecular formula is C10H16O4. The zero-order valence-electron chi connectivity index (χ0n) is 8.67. The Morgan fingerprint density at radius 3 is 2.29 bits per heavy atom. The number of hydrogen-bond acceptors (Lipinski definition) is 4. The minimum Gasteiger partial charge on any atom is -0.473 e. The summed E-state index contributed by atoms with van der Waals surface area (Å²) in [7, 11) is 0. The van der Waals surface area contributed by atoms with Crippen molar-refractivity contribution in [3.63, 3.8) is 0 Å². The van der Waals surface area contributed by atoms with Crippen LogP contribution in [0.25, 0.3) is 0 Å². The number of ether oxygens (including phenoxy) is 3. The van der Waals surface area contributed by atoms with Crippen LogP contribution in [0.2, 0.25) is 0 Å². The molecule has 80 valence electrons. The number of carbonyl (C=O) groups excluding carboxylic acids is 1. The van der Waals surface area contributed by atoms with Gasteiger partial charge in [0, 0.05) is 5.57 Å². The van der Waals surface area contributed by atoms with Gasteiger partial charge in [-0.05, 0) is 13.8 Å². The van der Waals surface area contributed by atoms with Crippen LogP contribution in [0.3, 0.4) is 0 Å². The standard InChI is InChI=1S/C10H16O4/c1-8(2)10(11)13-6-5-12-7-14-9(3)4/h1,3,5-7H2,2,4H3. The van der Waals surface area contributed by atoms with Crippen molar-refractivity contribution in [2.45, 2.75) is 13.8 Å². The predicted octanol–water partition coefficient (Wildman–Crippen LogP) is 1.63. The van der Waals surface area contributed by atoms with Crippen molar-refractivity contribution >= 4 is 5.97 Å². The second-order valence-corrected chi connectivity index (χ2v) is 2.79. The summed E-state index contributed by atoms with van der Waals surface area (Å²) in [6, 6.07) is 0. The molecule has 0 radical (unpaired) electrons. The highest BCUT2D eigenvalue weighted by atomic mass is 16.7. The van der Waals surface area contributed by atoms with Gasteiger partial charge in [0.15, 0.2) is 6.79 Å². The van der Waals surface area contributed by atoms with E-state index in [1.165, 1.54) is 0 Å². The molecule has 0 fully saturated rings. The molecule has 0 saturated heterocycles. The van der Waals surface area contributed by atoms with Gasteiger partial charge < -0.3 is 14.2 Å². The molecule has 4 nitrogen and oxygen atoms in total. The summed E-state index contributed by atoms with van der Waals surface area (Å²) in [5, 5.41) is 0. The molecule has 14 heavy (non-hydrogen) atoms. The minimum absolute atomic E-state index is 0.125. The normalized spacial score (nSPS) is 9.29. The zero-order chi connectivity index (χ0) is 11.0. The summed E-state index contributed by atoms with van der Waals surface area (Å²) in [6.07, 6.45) is 0. The van der Waals surface area contributed by atoms with E-state index in [0.717, 1.165) is 0 Å². The molecule has 0 aromatic carbocycles. The first-order valence-electron chi connectivity index (χ1n) is 4.22. The van der Waals surface area contributed by atoms with Crippen molar-refractivity contribution in [3.8, 4) is 0 Å². The topological polar surface area (TPSA) is 44.8 Å². The molecule has 0 aromatic rings. The smallest absolute Gasteiger partial charge is 0.333 e. The maximum absolute atomic E-state index is 10.9. The van der Waals surface area contributed by atoms with E-state index in [4.69, 9.17) is 14.2 Å². The van der Waals surface area contributed by atoms with Crippen LogP contribution in [-0.2, 0) is 19.0 Å². The SMILES string of the molecule is C=C(C)OCOCCOC(=O)C(=C)C. The summed E-state index contributed by atoms with van der Waals surface area (Å²) >= 11 is 0. The Morgan fingerprint density at radius 1 is 1.14 bits per heavy atom. The molecule has 0 unspecified atom stereocenters. The van der Waals surface area contributed by atoms with Crippen LogP contribution in [0.15, 0.2) is 24.5 Å². The van der Waals surface area contributed by atoms with E-state index < -0.39 is 5.97 Å². The molecule has 0 atom stereocenters. The second kappa shape index (κ2) is 7.15. The molecule has 0 rings (SSSR count). The van der Waals surface area contributed by atoms with Gasteiger partial charge in [0.1, 0.15) is 6.61 Å². The highest BCUT2D eigenvalue weighted by molar-refractivity contribution is 5.86. The van der Waals surface area contributed by atoms with Gasteiger partial charge in [-0.2, -0.15) is 0 Å². The van der Waals surface area contributed by atoms with E-state index in [-0.39, 0.29) is 13.4 Å². The molecule has 0 aliphatic rings. The Balaban J connectivity index is 3.26.